The molecule has 1 saturated heterocycles. The molecule has 9 rings (SSSR count). The van der Waals surface area contributed by atoms with E-state index in [0.29, 0.717) is 16.9 Å². The summed E-state index contributed by atoms with van der Waals surface area (Å²) in [5.74, 6) is 0. The standard InChI is InChI=1S/C49H42FN5O3/c50-43-45(58-49(38-25-13-4-14-26-38,39-27-15-5-16-28-39)40-29-17-6-18-30-40)42(57-47(43)55-34-54-44-41(31-51)52-33-53-46(44)55)32-56-48(35-19-7-1-8-20-35,36-21-9-2-10-22-36)37-23-11-3-12-24-37/h1-30,33-34,42-43,45,47H,31-32,51H2/t42-,43-,45-,47-/m1/s1. The number of hydrogen-bond acceptors (Lipinski definition) is 7. The van der Waals surface area contributed by atoms with Crippen LogP contribution in [0.2, 0.25) is 0 Å². The summed E-state index contributed by atoms with van der Waals surface area (Å²) < 4.78 is 41.3. The van der Waals surface area contributed by atoms with Gasteiger partial charge >= 0.3 is 0 Å². The number of halogens is 1. The summed E-state index contributed by atoms with van der Waals surface area (Å²) >= 11 is 0. The highest BCUT2D eigenvalue weighted by Gasteiger charge is 2.53. The summed E-state index contributed by atoms with van der Waals surface area (Å²) in [5, 5.41) is 0. The average Bonchev–Trinajstić information content (AvgIpc) is 3.87. The van der Waals surface area contributed by atoms with Gasteiger partial charge in [-0.15, -0.1) is 0 Å². The summed E-state index contributed by atoms with van der Waals surface area (Å²) in [6, 6.07) is 60.1. The Morgan fingerprint density at radius 3 is 1.40 bits per heavy atom. The Hall–Kier alpha value is -6.36. The minimum atomic E-state index is -1.71. The van der Waals surface area contributed by atoms with Crippen LogP contribution in [0.1, 0.15) is 45.3 Å². The fraction of sp³-hybridized carbons (Fsp3) is 0.163. The lowest BCUT2D eigenvalue weighted by molar-refractivity contribution is -0.128. The second-order valence-electron chi connectivity index (χ2n) is 14.3. The van der Waals surface area contributed by atoms with E-state index in [-0.39, 0.29) is 13.2 Å². The SMILES string of the molecule is NCc1ncnc2c1ncn2[C@@H]1O[C@H](COC(c2ccccc2)(c2ccccc2)c2ccccc2)[C@@H](OC(c2ccccc2)(c2ccccc2)c2ccccc2)[C@H]1F. The molecule has 9 heteroatoms. The maximum absolute atomic E-state index is 18.0. The Morgan fingerprint density at radius 2 is 0.983 bits per heavy atom. The van der Waals surface area contributed by atoms with Crippen LogP contribution in [0, 0.1) is 0 Å². The van der Waals surface area contributed by atoms with E-state index in [0.717, 1.165) is 33.4 Å². The molecule has 1 aliphatic rings. The van der Waals surface area contributed by atoms with Crippen molar-refractivity contribution in [1.29, 1.82) is 0 Å². The number of fused-ring (bicyclic) bond motifs is 1. The molecular formula is C49H42FN5O3. The molecule has 2 N–H and O–H groups in total. The molecule has 288 valence electrons. The van der Waals surface area contributed by atoms with E-state index in [1.54, 1.807) is 4.57 Å². The number of imidazole rings is 1. The number of ether oxygens (including phenoxy) is 3. The Balaban J connectivity index is 1.21. The number of benzene rings is 6. The zero-order valence-electron chi connectivity index (χ0n) is 31.7. The molecule has 0 bridgehead atoms. The Labute approximate surface area is 336 Å². The van der Waals surface area contributed by atoms with Crippen LogP contribution in [0.5, 0.6) is 0 Å². The van der Waals surface area contributed by atoms with Gasteiger partial charge in [0.1, 0.15) is 35.3 Å². The molecule has 8 aromatic rings. The first-order valence-electron chi connectivity index (χ1n) is 19.4. The summed E-state index contributed by atoms with van der Waals surface area (Å²) in [7, 11) is 0. The average molecular weight is 768 g/mol. The van der Waals surface area contributed by atoms with E-state index in [2.05, 4.69) is 51.4 Å². The molecular weight excluding hydrogens is 726 g/mol. The van der Waals surface area contributed by atoms with Gasteiger partial charge in [-0.2, -0.15) is 0 Å². The van der Waals surface area contributed by atoms with Crippen molar-refractivity contribution in [2.75, 3.05) is 6.61 Å². The van der Waals surface area contributed by atoms with Gasteiger partial charge < -0.3 is 19.9 Å². The molecule has 6 aromatic carbocycles. The zero-order valence-corrected chi connectivity index (χ0v) is 31.7. The van der Waals surface area contributed by atoms with E-state index in [4.69, 9.17) is 19.9 Å². The van der Waals surface area contributed by atoms with Crippen LogP contribution in [0.4, 0.5) is 4.39 Å². The third-order valence-electron chi connectivity index (χ3n) is 11.0. The summed E-state index contributed by atoms with van der Waals surface area (Å²) in [4.78, 5) is 13.4. The first-order valence-corrected chi connectivity index (χ1v) is 19.4. The van der Waals surface area contributed by atoms with Gasteiger partial charge in [0.25, 0.3) is 0 Å². The Morgan fingerprint density at radius 1 is 0.569 bits per heavy atom. The molecule has 1 aliphatic heterocycles. The molecule has 58 heavy (non-hydrogen) atoms. The number of rotatable bonds is 13. The molecule has 0 unspecified atom stereocenters. The predicted molar refractivity (Wildman–Crippen MR) is 221 cm³/mol. The van der Waals surface area contributed by atoms with Crippen molar-refractivity contribution in [2.24, 2.45) is 5.73 Å². The molecule has 0 saturated carbocycles. The van der Waals surface area contributed by atoms with E-state index in [1.165, 1.54) is 12.7 Å². The largest absolute Gasteiger partial charge is 0.358 e. The van der Waals surface area contributed by atoms with Gasteiger partial charge in [0.05, 0.1) is 18.6 Å². The first-order chi connectivity index (χ1) is 28.6. The zero-order chi connectivity index (χ0) is 39.4. The molecule has 8 nitrogen and oxygen atoms in total. The van der Waals surface area contributed by atoms with Gasteiger partial charge in [-0.3, -0.25) is 4.57 Å². The Bertz CT molecular complexity index is 2350. The summed E-state index contributed by atoms with van der Waals surface area (Å²) in [5.41, 5.74) is 10.4. The number of alkyl halides is 1. The molecule has 0 spiro atoms. The number of hydrogen-bond donors (Lipinski definition) is 1. The number of nitrogens with two attached hydrogens (primary N) is 1. The molecule has 3 heterocycles. The third-order valence-corrected chi connectivity index (χ3v) is 11.0. The topological polar surface area (TPSA) is 97.3 Å². The normalized spacial score (nSPS) is 18.4. The third kappa shape index (κ3) is 6.58. The van der Waals surface area contributed by atoms with Crippen molar-refractivity contribution in [3.8, 4) is 0 Å². The molecule has 4 atom stereocenters. The van der Waals surface area contributed by atoms with Gasteiger partial charge in [0.15, 0.2) is 18.0 Å². The van der Waals surface area contributed by atoms with Gasteiger partial charge in [-0.1, -0.05) is 182 Å². The minimum Gasteiger partial charge on any atom is -0.358 e. The second kappa shape index (κ2) is 16.2. The second-order valence-corrected chi connectivity index (χ2v) is 14.3. The lowest BCUT2D eigenvalue weighted by atomic mass is 9.79. The maximum atomic E-state index is 18.0. The molecule has 2 aromatic heterocycles. The van der Waals surface area contributed by atoms with E-state index >= 15 is 4.39 Å². The van der Waals surface area contributed by atoms with Crippen molar-refractivity contribution in [2.45, 2.75) is 42.4 Å². The monoisotopic (exact) mass is 767 g/mol. The van der Waals surface area contributed by atoms with E-state index in [9.17, 15) is 0 Å². The van der Waals surface area contributed by atoms with Crippen molar-refractivity contribution >= 4 is 11.2 Å². The molecule has 0 amide bonds. The fourth-order valence-corrected chi connectivity index (χ4v) is 8.33. The molecule has 0 radical (unpaired) electrons. The molecule has 0 aliphatic carbocycles. The van der Waals surface area contributed by atoms with Gasteiger partial charge in [-0.05, 0) is 33.4 Å². The predicted octanol–water partition coefficient (Wildman–Crippen LogP) is 8.91. The number of aromatic nitrogens is 4. The van der Waals surface area contributed by atoms with Crippen LogP contribution < -0.4 is 5.73 Å². The lowest BCUT2D eigenvalue weighted by Gasteiger charge is -2.40. The molecule has 1 fully saturated rings. The highest BCUT2D eigenvalue weighted by molar-refractivity contribution is 5.73. The quantitative estimate of drug-likeness (QED) is 0.117. The highest BCUT2D eigenvalue weighted by atomic mass is 19.1. The lowest BCUT2D eigenvalue weighted by Crippen LogP contribution is -2.45. The first kappa shape index (κ1) is 37.2. The van der Waals surface area contributed by atoms with Gasteiger partial charge in [-0.25, -0.2) is 19.3 Å². The van der Waals surface area contributed by atoms with Crippen LogP contribution in [0.3, 0.4) is 0 Å². The van der Waals surface area contributed by atoms with Crippen molar-refractivity contribution in [3.63, 3.8) is 0 Å². The maximum Gasteiger partial charge on any atom is 0.174 e. The van der Waals surface area contributed by atoms with Crippen molar-refractivity contribution < 1.29 is 18.6 Å². The van der Waals surface area contributed by atoms with Crippen LogP contribution in [0.15, 0.2) is 195 Å². The van der Waals surface area contributed by atoms with Crippen molar-refractivity contribution in [3.05, 3.63) is 234 Å². The van der Waals surface area contributed by atoms with E-state index < -0.39 is 35.8 Å². The van der Waals surface area contributed by atoms with Gasteiger partial charge in [0.2, 0.25) is 0 Å². The minimum absolute atomic E-state index is 0.0512. The van der Waals surface area contributed by atoms with E-state index in [1.807, 2.05) is 146 Å². The van der Waals surface area contributed by atoms with Crippen LogP contribution in [-0.2, 0) is 32.0 Å². The van der Waals surface area contributed by atoms with Crippen LogP contribution in [-0.4, -0.2) is 44.5 Å². The van der Waals surface area contributed by atoms with Gasteiger partial charge in [0, 0.05) is 6.54 Å². The fourth-order valence-electron chi connectivity index (χ4n) is 8.33. The smallest absolute Gasteiger partial charge is 0.174 e. The number of nitrogens with zero attached hydrogens (tertiary/aromatic N) is 4. The van der Waals surface area contributed by atoms with Crippen LogP contribution in [0.25, 0.3) is 11.2 Å². The summed E-state index contributed by atoms with van der Waals surface area (Å²) in [6.07, 6.45) is -2.03. The van der Waals surface area contributed by atoms with Crippen LogP contribution >= 0.6 is 0 Å². The summed E-state index contributed by atoms with van der Waals surface area (Å²) in [6.45, 7) is 0.0987. The van der Waals surface area contributed by atoms with Crippen molar-refractivity contribution in [1.82, 2.24) is 19.5 Å². The Kier molecular flexibility index (Phi) is 10.4. The highest BCUT2D eigenvalue weighted by Crippen LogP contribution is 2.47.